The van der Waals surface area contributed by atoms with Crippen molar-refractivity contribution < 1.29 is 23.9 Å². The predicted molar refractivity (Wildman–Crippen MR) is 110 cm³/mol. The Kier molecular flexibility index (Phi) is 8.36. The molecule has 2 aromatic rings. The number of carbonyl (C=O) groups excluding carboxylic acids is 3. The molecule has 2 rings (SSSR count). The van der Waals surface area contributed by atoms with E-state index in [1.807, 2.05) is 0 Å². The van der Waals surface area contributed by atoms with Crippen molar-refractivity contribution in [3.05, 3.63) is 54.1 Å². The molecule has 0 aromatic heterocycles. The quantitative estimate of drug-likeness (QED) is 0.626. The Morgan fingerprint density at radius 1 is 0.929 bits per heavy atom. The van der Waals surface area contributed by atoms with Crippen LogP contribution in [-0.2, 0) is 14.3 Å². The van der Waals surface area contributed by atoms with Crippen molar-refractivity contribution in [1.82, 2.24) is 0 Å². The van der Waals surface area contributed by atoms with Gasteiger partial charge in [-0.05, 0) is 49.4 Å². The number of ether oxygens (including phenoxy) is 2. The Morgan fingerprint density at radius 2 is 1.57 bits per heavy atom. The molecule has 28 heavy (non-hydrogen) atoms. The van der Waals surface area contributed by atoms with E-state index in [0.717, 1.165) is 0 Å². The molecule has 8 heteroatoms. The molecule has 0 unspecified atom stereocenters. The lowest BCUT2D eigenvalue weighted by molar-refractivity contribution is -0.114. The number of methoxy groups -OCH3 is 1. The Hall–Kier alpha value is -3.00. The van der Waals surface area contributed by atoms with Crippen LogP contribution < -0.4 is 15.4 Å². The van der Waals surface area contributed by atoms with Crippen LogP contribution in [0.2, 0.25) is 0 Å². The van der Waals surface area contributed by atoms with Crippen molar-refractivity contribution in [2.75, 3.05) is 35.9 Å². The van der Waals surface area contributed by atoms with Gasteiger partial charge in [-0.25, -0.2) is 4.79 Å². The van der Waals surface area contributed by atoms with E-state index in [1.54, 1.807) is 62.6 Å². The highest BCUT2D eigenvalue weighted by molar-refractivity contribution is 8.00. The molecule has 0 spiro atoms. The molecule has 148 valence electrons. The van der Waals surface area contributed by atoms with E-state index in [2.05, 4.69) is 10.6 Å². The van der Waals surface area contributed by atoms with Crippen LogP contribution in [0.5, 0.6) is 5.75 Å². The molecular formula is C20H22N2O5S. The summed E-state index contributed by atoms with van der Waals surface area (Å²) in [5.41, 5.74) is 1.52. The summed E-state index contributed by atoms with van der Waals surface area (Å²) < 4.78 is 9.99. The zero-order valence-corrected chi connectivity index (χ0v) is 16.5. The number of thioether (sulfide) groups is 1. The number of esters is 1. The average Bonchev–Trinajstić information content (AvgIpc) is 2.69. The van der Waals surface area contributed by atoms with Gasteiger partial charge in [0.1, 0.15) is 5.75 Å². The number of hydrogen-bond acceptors (Lipinski definition) is 6. The number of rotatable bonds is 9. The fraction of sp³-hybridized carbons (Fsp3) is 0.250. The molecule has 2 amide bonds. The molecule has 0 saturated carbocycles. The van der Waals surface area contributed by atoms with Crippen molar-refractivity contribution in [2.45, 2.75) is 6.92 Å². The Bertz CT molecular complexity index is 824. The second-order valence-electron chi connectivity index (χ2n) is 5.62. The maximum Gasteiger partial charge on any atom is 0.338 e. The van der Waals surface area contributed by atoms with E-state index in [0.29, 0.717) is 22.7 Å². The smallest absolute Gasteiger partial charge is 0.338 e. The molecule has 0 aliphatic carbocycles. The largest absolute Gasteiger partial charge is 0.497 e. The van der Waals surface area contributed by atoms with Gasteiger partial charge in [-0.3, -0.25) is 9.59 Å². The molecule has 2 aromatic carbocycles. The van der Waals surface area contributed by atoms with Crippen LogP contribution in [0.3, 0.4) is 0 Å². The molecule has 0 aliphatic heterocycles. The third kappa shape index (κ3) is 6.96. The standard InChI is InChI=1S/C20H22N2O5S/c1-3-27-20(25)14-5-4-6-16(11-14)22-19(24)13-28-12-18(23)21-15-7-9-17(26-2)10-8-15/h4-11H,3,12-13H2,1-2H3,(H,21,23)(H,22,24). The van der Waals surface area contributed by atoms with Crippen LogP contribution >= 0.6 is 11.8 Å². The monoisotopic (exact) mass is 402 g/mol. The zero-order valence-electron chi connectivity index (χ0n) is 15.7. The molecular weight excluding hydrogens is 380 g/mol. The third-order valence-corrected chi connectivity index (χ3v) is 4.43. The Labute approximate surface area is 167 Å². The van der Waals surface area contributed by atoms with E-state index in [1.165, 1.54) is 11.8 Å². The van der Waals surface area contributed by atoms with Crippen LogP contribution in [-0.4, -0.2) is 43.0 Å². The van der Waals surface area contributed by atoms with E-state index >= 15 is 0 Å². The van der Waals surface area contributed by atoms with Gasteiger partial charge in [0.05, 0.1) is 30.8 Å². The highest BCUT2D eigenvalue weighted by atomic mass is 32.2. The van der Waals surface area contributed by atoms with Crippen LogP contribution in [0, 0.1) is 0 Å². The summed E-state index contributed by atoms with van der Waals surface area (Å²) in [6.45, 7) is 2.01. The minimum absolute atomic E-state index is 0.111. The van der Waals surface area contributed by atoms with Crippen molar-refractivity contribution in [3.8, 4) is 5.75 Å². The highest BCUT2D eigenvalue weighted by Gasteiger charge is 2.10. The van der Waals surface area contributed by atoms with Gasteiger partial charge in [-0.15, -0.1) is 11.8 Å². The summed E-state index contributed by atoms with van der Waals surface area (Å²) in [5, 5.41) is 5.45. The van der Waals surface area contributed by atoms with Crippen molar-refractivity contribution in [3.63, 3.8) is 0 Å². The molecule has 0 heterocycles. The summed E-state index contributed by atoms with van der Waals surface area (Å²) in [4.78, 5) is 35.7. The first-order valence-electron chi connectivity index (χ1n) is 8.60. The normalized spacial score (nSPS) is 10.1. The molecule has 0 radical (unpaired) electrons. The van der Waals surface area contributed by atoms with E-state index in [4.69, 9.17) is 9.47 Å². The maximum atomic E-state index is 12.0. The van der Waals surface area contributed by atoms with Gasteiger partial charge in [0.15, 0.2) is 0 Å². The van der Waals surface area contributed by atoms with Gasteiger partial charge in [0, 0.05) is 11.4 Å². The van der Waals surface area contributed by atoms with Gasteiger partial charge in [-0.2, -0.15) is 0 Å². The van der Waals surface area contributed by atoms with Crippen LogP contribution in [0.15, 0.2) is 48.5 Å². The number of benzene rings is 2. The lowest BCUT2D eigenvalue weighted by Crippen LogP contribution is -2.18. The van der Waals surface area contributed by atoms with Gasteiger partial charge in [0.2, 0.25) is 11.8 Å². The first-order chi connectivity index (χ1) is 13.5. The zero-order chi connectivity index (χ0) is 20.4. The number of amides is 2. The van der Waals surface area contributed by atoms with Gasteiger partial charge >= 0.3 is 5.97 Å². The molecule has 0 fully saturated rings. The number of carbonyl (C=O) groups is 3. The topological polar surface area (TPSA) is 93.7 Å². The number of nitrogens with one attached hydrogen (secondary N) is 2. The number of hydrogen-bond donors (Lipinski definition) is 2. The van der Waals surface area contributed by atoms with Gasteiger partial charge < -0.3 is 20.1 Å². The van der Waals surface area contributed by atoms with Crippen molar-refractivity contribution >= 4 is 40.9 Å². The minimum Gasteiger partial charge on any atom is -0.497 e. The first kappa shape index (κ1) is 21.3. The first-order valence-corrected chi connectivity index (χ1v) is 9.76. The maximum absolute atomic E-state index is 12.0. The van der Waals surface area contributed by atoms with Crippen molar-refractivity contribution in [1.29, 1.82) is 0 Å². The second-order valence-corrected chi connectivity index (χ2v) is 6.60. The summed E-state index contributed by atoms with van der Waals surface area (Å²) >= 11 is 1.19. The molecule has 0 atom stereocenters. The summed E-state index contributed by atoms with van der Waals surface area (Å²) in [5.74, 6) is 0.0527. The molecule has 7 nitrogen and oxygen atoms in total. The SMILES string of the molecule is CCOC(=O)c1cccc(NC(=O)CSCC(=O)Nc2ccc(OC)cc2)c1. The fourth-order valence-electron chi connectivity index (χ4n) is 2.24. The molecule has 0 aliphatic rings. The van der Waals surface area contributed by atoms with Crippen LogP contribution in [0.1, 0.15) is 17.3 Å². The van der Waals surface area contributed by atoms with Crippen LogP contribution in [0.25, 0.3) is 0 Å². The summed E-state index contributed by atoms with van der Waals surface area (Å²) in [6.07, 6.45) is 0. The minimum atomic E-state index is -0.442. The van der Waals surface area contributed by atoms with Crippen LogP contribution in [0.4, 0.5) is 11.4 Å². The van der Waals surface area contributed by atoms with Gasteiger partial charge in [0.25, 0.3) is 0 Å². The van der Waals surface area contributed by atoms with E-state index in [-0.39, 0.29) is 29.9 Å². The predicted octanol–water partition coefficient (Wildman–Crippen LogP) is 3.18. The fourth-order valence-corrected chi connectivity index (χ4v) is 2.86. The average molecular weight is 402 g/mol. The molecule has 0 bridgehead atoms. The number of anilines is 2. The lowest BCUT2D eigenvalue weighted by atomic mass is 10.2. The molecule has 0 saturated heterocycles. The van der Waals surface area contributed by atoms with Crippen molar-refractivity contribution in [2.24, 2.45) is 0 Å². The third-order valence-electron chi connectivity index (χ3n) is 3.50. The lowest BCUT2D eigenvalue weighted by Gasteiger charge is -2.08. The summed E-state index contributed by atoms with van der Waals surface area (Å²) in [7, 11) is 1.57. The van der Waals surface area contributed by atoms with Gasteiger partial charge in [-0.1, -0.05) is 6.07 Å². The Balaban J connectivity index is 1.75. The second kappa shape index (κ2) is 11.0. The highest BCUT2D eigenvalue weighted by Crippen LogP contribution is 2.16. The molecule has 2 N–H and O–H groups in total. The van der Waals surface area contributed by atoms with E-state index < -0.39 is 5.97 Å². The van der Waals surface area contributed by atoms with E-state index in [9.17, 15) is 14.4 Å². The summed E-state index contributed by atoms with van der Waals surface area (Å²) in [6, 6.07) is 13.5. The Morgan fingerprint density at radius 3 is 2.18 bits per heavy atom.